The molecule has 9 heteroatoms. The lowest BCUT2D eigenvalue weighted by atomic mass is 10.1. The predicted octanol–water partition coefficient (Wildman–Crippen LogP) is 1.81. The van der Waals surface area contributed by atoms with Crippen LogP contribution in [0.5, 0.6) is 0 Å². The van der Waals surface area contributed by atoms with E-state index in [0.29, 0.717) is 16.6 Å². The number of hydrogen-bond donors (Lipinski definition) is 4. The van der Waals surface area contributed by atoms with Gasteiger partial charge in [0, 0.05) is 12.1 Å². The van der Waals surface area contributed by atoms with E-state index in [2.05, 4.69) is 26.6 Å². The second-order valence-corrected chi connectivity index (χ2v) is 8.01. The van der Waals surface area contributed by atoms with E-state index in [9.17, 15) is 18.0 Å². The minimum absolute atomic E-state index is 0.0702. The molecular formula is C19H20N4O4S. The zero-order valence-corrected chi connectivity index (χ0v) is 16.0. The minimum Gasteiger partial charge on any atom is -0.346 e. The molecule has 0 saturated heterocycles. The van der Waals surface area contributed by atoms with Crippen molar-refractivity contribution in [2.75, 3.05) is 6.54 Å². The van der Waals surface area contributed by atoms with Crippen molar-refractivity contribution in [1.82, 2.24) is 20.0 Å². The maximum absolute atomic E-state index is 12.5. The van der Waals surface area contributed by atoms with Crippen molar-refractivity contribution in [2.24, 2.45) is 0 Å². The maximum Gasteiger partial charge on any atom is 0.323 e. The number of carbonyl (C=O) groups is 1. The second kappa shape index (κ2) is 7.83. The molecule has 0 fully saturated rings. The second-order valence-electron chi connectivity index (χ2n) is 6.24. The number of imidazole rings is 1. The Balaban J connectivity index is 1.72. The third-order valence-corrected chi connectivity index (χ3v) is 5.67. The number of carbonyl (C=O) groups excluding carboxylic acids is 1. The van der Waals surface area contributed by atoms with Gasteiger partial charge in [-0.1, -0.05) is 12.1 Å². The van der Waals surface area contributed by atoms with E-state index < -0.39 is 10.0 Å². The Morgan fingerprint density at radius 3 is 2.50 bits per heavy atom. The summed E-state index contributed by atoms with van der Waals surface area (Å²) in [5.74, 6) is -0.335. The van der Waals surface area contributed by atoms with Gasteiger partial charge in [0.25, 0.3) is 5.91 Å². The maximum atomic E-state index is 12.5. The number of aromatic amines is 2. The molecule has 146 valence electrons. The molecular weight excluding hydrogens is 380 g/mol. The summed E-state index contributed by atoms with van der Waals surface area (Å²) in [6.45, 7) is 5.41. The molecule has 28 heavy (non-hydrogen) atoms. The number of benzene rings is 2. The first-order chi connectivity index (χ1) is 13.3. The van der Waals surface area contributed by atoms with Gasteiger partial charge in [0.05, 0.1) is 22.0 Å². The Morgan fingerprint density at radius 1 is 1.14 bits per heavy atom. The SMILES string of the molecule is C=CCNS(=O)(=O)c1ccc(C(=O)NC(C)c2ccc3[nH]c(=O)[nH]c3c2)cc1. The lowest BCUT2D eigenvalue weighted by Gasteiger charge is -2.15. The van der Waals surface area contributed by atoms with E-state index in [0.717, 1.165) is 5.56 Å². The lowest BCUT2D eigenvalue weighted by Crippen LogP contribution is -2.27. The van der Waals surface area contributed by atoms with Crippen molar-refractivity contribution in [2.45, 2.75) is 17.9 Å². The highest BCUT2D eigenvalue weighted by Gasteiger charge is 2.16. The molecule has 3 aromatic rings. The largest absolute Gasteiger partial charge is 0.346 e. The standard InChI is InChI=1S/C19H20N4O4S/c1-3-10-20-28(26,27)15-7-4-13(5-8-15)18(24)21-12(2)14-6-9-16-17(11-14)23-19(25)22-16/h3-9,11-12,20H,1,10H2,2H3,(H,21,24)(H2,22,23,25). The van der Waals surface area contributed by atoms with Crippen LogP contribution in [0.3, 0.4) is 0 Å². The summed E-state index contributed by atoms with van der Waals surface area (Å²) in [7, 11) is -3.63. The number of hydrogen-bond acceptors (Lipinski definition) is 4. The molecule has 1 heterocycles. The van der Waals surface area contributed by atoms with Crippen LogP contribution in [0, 0.1) is 0 Å². The van der Waals surface area contributed by atoms with E-state index in [4.69, 9.17) is 0 Å². The monoisotopic (exact) mass is 400 g/mol. The molecule has 0 bridgehead atoms. The van der Waals surface area contributed by atoms with Gasteiger partial charge in [0.2, 0.25) is 10.0 Å². The number of amides is 1. The van der Waals surface area contributed by atoms with Gasteiger partial charge in [-0.3, -0.25) is 4.79 Å². The van der Waals surface area contributed by atoms with Crippen LogP contribution >= 0.6 is 0 Å². The van der Waals surface area contributed by atoms with Gasteiger partial charge in [-0.2, -0.15) is 0 Å². The van der Waals surface area contributed by atoms with Gasteiger partial charge in [0.15, 0.2) is 0 Å². The van der Waals surface area contributed by atoms with Gasteiger partial charge in [-0.05, 0) is 48.9 Å². The van der Waals surface area contributed by atoms with Crippen molar-refractivity contribution < 1.29 is 13.2 Å². The Bertz CT molecular complexity index is 1180. The smallest absolute Gasteiger partial charge is 0.323 e. The molecule has 0 aliphatic heterocycles. The summed E-state index contributed by atoms with van der Waals surface area (Å²) in [6, 6.07) is 10.7. The summed E-state index contributed by atoms with van der Waals surface area (Å²) < 4.78 is 26.5. The van der Waals surface area contributed by atoms with Crippen molar-refractivity contribution in [3.8, 4) is 0 Å². The average molecular weight is 400 g/mol. The molecule has 8 nitrogen and oxygen atoms in total. The van der Waals surface area contributed by atoms with Crippen molar-refractivity contribution in [3.63, 3.8) is 0 Å². The molecule has 0 radical (unpaired) electrons. The third kappa shape index (κ3) is 4.21. The van der Waals surface area contributed by atoms with E-state index in [1.165, 1.54) is 30.3 Å². The highest BCUT2D eigenvalue weighted by molar-refractivity contribution is 7.89. The van der Waals surface area contributed by atoms with Crippen LogP contribution in [0.4, 0.5) is 0 Å². The van der Waals surface area contributed by atoms with Gasteiger partial charge < -0.3 is 15.3 Å². The zero-order chi connectivity index (χ0) is 20.3. The van der Waals surface area contributed by atoms with E-state index in [1.54, 1.807) is 12.1 Å². The minimum atomic E-state index is -3.63. The topological polar surface area (TPSA) is 124 Å². The van der Waals surface area contributed by atoms with Crippen LogP contribution in [0.15, 0.2) is 64.8 Å². The van der Waals surface area contributed by atoms with Crippen molar-refractivity contribution in [1.29, 1.82) is 0 Å². The van der Waals surface area contributed by atoms with E-state index >= 15 is 0 Å². The van der Waals surface area contributed by atoms with Gasteiger partial charge >= 0.3 is 5.69 Å². The van der Waals surface area contributed by atoms with Crippen LogP contribution < -0.4 is 15.7 Å². The fourth-order valence-electron chi connectivity index (χ4n) is 2.72. The first kappa shape index (κ1) is 19.6. The number of aromatic nitrogens is 2. The Hall–Kier alpha value is -3.17. The van der Waals surface area contributed by atoms with Crippen LogP contribution in [0.25, 0.3) is 11.0 Å². The van der Waals surface area contributed by atoms with Crippen molar-refractivity contribution >= 4 is 27.0 Å². The fourth-order valence-corrected chi connectivity index (χ4v) is 3.72. The number of H-pyrrole nitrogens is 2. The quantitative estimate of drug-likeness (QED) is 0.452. The molecule has 0 aliphatic carbocycles. The average Bonchev–Trinajstić information content (AvgIpc) is 3.05. The first-order valence-corrected chi connectivity index (χ1v) is 10.0. The normalized spacial score (nSPS) is 12.6. The number of rotatable bonds is 7. The highest BCUT2D eigenvalue weighted by Crippen LogP contribution is 2.18. The van der Waals surface area contributed by atoms with E-state index in [1.807, 2.05) is 13.0 Å². The molecule has 4 N–H and O–H groups in total. The third-order valence-electron chi connectivity index (χ3n) is 4.23. The summed E-state index contributed by atoms with van der Waals surface area (Å²) in [4.78, 5) is 29.2. The van der Waals surface area contributed by atoms with Crippen LogP contribution in [-0.2, 0) is 10.0 Å². The summed E-state index contributed by atoms with van der Waals surface area (Å²) >= 11 is 0. The number of sulfonamides is 1. The lowest BCUT2D eigenvalue weighted by molar-refractivity contribution is 0.0940. The molecule has 1 unspecified atom stereocenters. The molecule has 1 atom stereocenters. The van der Waals surface area contributed by atoms with E-state index in [-0.39, 0.29) is 29.1 Å². The fraction of sp³-hybridized carbons (Fsp3) is 0.158. The summed E-state index contributed by atoms with van der Waals surface area (Å²) in [5.41, 5.74) is 2.22. The van der Waals surface area contributed by atoms with Gasteiger partial charge in [-0.15, -0.1) is 6.58 Å². The zero-order valence-electron chi connectivity index (χ0n) is 15.2. The van der Waals surface area contributed by atoms with Crippen molar-refractivity contribution in [3.05, 3.63) is 76.7 Å². The van der Waals surface area contributed by atoms with Crippen LogP contribution in [-0.4, -0.2) is 30.8 Å². The number of fused-ring (bicyclic) bond motifs is 1. The van der Waals surface area contributed by atoms with Gasteiger partial charge in [-0.25, -0.2) is 17.9 Å². The first-order valence-electron chi connectivity index (χ1n) is 8.53. The Morgan fingerprint density at radius 2 is 1.82 bits per heavy atom. The summed E-state index contributed by atoms with van der Waals surface area (Å²) in [5, 5.41) is 2.86. The van der Waals surface area contributed by atoms with Crippen LogP contribution in [0.2, 0.25) is 0 Å². The highest BCUT2D eigenvalue weighted by atomic mass is 32.2. The molecule has 3 rings (SSSR count). The number of nitrogens with one attached hydrogen (secondary N) is 4. The molecule has 1 amide bonds. The molecule has 0 saturated carbocycles. The molecule has 0 spiro atoms. The molecule has 1 aromatic heterocycles. The van der Waals surface area contributed by atoms with Crippen LogP contribution in [0.1, 0.15) is 28.9 Å². The summed E-state index contributed by atoms with van der Waals surface area (Å²) in [6.07, 6.45) is 1.45. The Labute approximate surface area is 161 Å². The molecule has 0 aliphatic rings. The molecule has 2 aromatic carbocycles. The Kier molecular flexibility index (Phi) is 5.48. The predicted molar refractivity (Wildman–Crippen MR) is 107 cm³/mol. The van der Waals surface area contributed by atoms with Gasteiger partial charge in [0.1, 0.15) is 0 Å².